The molecule has 4 heteroatoms. The highest BCUT2D eigenvalue weighted by Crippen LogP contribution is 2.28. The number of hydrogen-bond donors (Lipinski definition) is 1. The molecule has 0 aliphatic carbocycles. The summed E-state index contributed by atoms with van der Waals surface area (Å²) in [6.07, 6.45) is 2.10. The lowest BCUT2D eigenvalue weighted by Crippen LogP contribution is -2.36. The van der Waals surface area contributed by atoms with Crippen LogP contribution in [0.4, 0.5) is 4.79 Å². The van der Waals surface area contributed by atoms with Gasteiger partial charge in [-0.05, 0) is 45.3 Å². The molecule has 1 fully saturated rings. The summed E-state index contributed by atoms with van der Waals surface area (Å²) in [4.78, 5) is 11.4. The van der Waals surface area contributed by atoms with Crippen LogP contribution in [0.5, 0.6) is 0 Å². The van der Waals surface area contributed by atoms with E-state index in [4.69, 9.17) is 4.74 Å². The van der Waals surface area contributed by atoms with E-state index in [0.29, 0.717) is 5.92 Å². The van der Waals surface area contributed by atoms with Crippen LogP contribution in [0, 0.1) is 5.92 Å². The summed E-state index contributed by atoms with van der Waals surface area (Å²) in [6.45, 7) is 8.65. The zero-order valence-electron chi connectivity index (χ0n) is 10.7. The zero-order chi connectivity index (χ0) is 12.2. The second-order valence-electron chi connectivity index (χ2n) is 5.45. The molecular weight excluding hydrogens is 222 g/mol. The molecule has 94 valence electrons. The highest BCUT2D eigenvalue weighted by molar-refractivity contribution is 7.99. The van der Waals surface area contributed by atoms with E-state index in [0.717, 1.165) is 11.8 Å². The summed E-state index contributed by atoms with van der Waals surface area (Å²) in [5.41, 5.74) is -0.403. The summed E-state index contributed by atoms with van der Waals surface area (Å²) in [5.74, 6) is 1.82. The van der Waals surface area contributed by atoms with Crippen LogP contribution in [-0.4, -0.2) is 29.2 Å². The van der Waals surface area contributed by atoms with Crippen molar-refractivity contribution in [1.82, 2.24) is 5.32 Å². The minimum atomic E-state index is -0.403. The van der Waals surface area contributed by atoms with E-state index in [9.17, 15) is 4.79 Å². The molecule has 1 amide bonds. The molecule has 1 aliphatic heterocycles. The Bertz CT molecular complexity index is 238. The summed E-state index contributed by atoms with van der Waals surface area (Å²) >= 11 is 2.02. The second-order valence-corrected chi connectivity index (χ2v) is 7.00. The highest BCUT2D eigenvalue weighted by atomic mass is 32.2. The van der Waals surface area contributed by atoms with E-state index >= 15 is 0 Å². The number of thioether (sulfide) groups is 1. The van der Waals surface area contributed by atoms with Crippen molar-refractivity contribution in [2.75, 3.05) is 12.3 Å². The fourth-order valence-corrected chi connectivity index (χ4v) is 3.10. The first-order valence-electron chi connectivity index (χ1n) is 5.95. The first-order valence-corrected chi connectivity index (χ1v) is 7.00. The first kappa shape index (κ1) is 13.7. The molecule has 1 rings (SSSR count). The van der Waals surface area contributed by atoms with Gasteiger partial charge >= 0.3 is 6.09 Å². The predicted octanol–water partition coefficient (Wildman–Crippen LogP) is 3.04. The third kappa shape index (κ3) is 5.64. The van der Waals surface area contributed by atoms with Crippen LogP contribution in [0.25, 0.3) is 0 Å². The van der Waals surface area contributed by atoms with Gasteiger partial charge in [-0.25, -0.2) is 4.79 Å². The molecule has 1 aliphatic rings. The van der Waals surface area contributed by atoms with Crippen LogP contribution in [0.2, 0.25) is 0 Å². The van der Waals surface area contributed by atoms with Gasteiger partial charge in [-0.2, -0.15) is 11.8 Å². The molecule has 0 saturated carbocycles. The maximum Gasteiger partial charge on any atom is 0.407 e. The number of ether oxygens (including phenoxy) is 1. The van der Waals surface area contributed by atoms with Crippen molar-refractivity contribution in [3.63, 3.8) is 0 Å². The van der Waals surface area contributed by atoms with Crippen molar-refractivity contribution in [2.45, 2.75) is 51.4 Å². The Kier molecular flexibility index (Phi) is 4.96. The van der Waals surface area contributed by atoms with E-state index in [1.807, 2.05) is 32.5 Å². The smallest absolute Gasteiger partial charge is 0.407 e. The Labute approximate surface area is 103 Å². The van der Waals surface area contributed by atoms with E-state index in [1.54, 1.807) is 0 Å². The van der Waals surface area contributed by atoms with Crippen LogP contribution in [0.3, 0.4) is 0 Å². The normalized spacial score (nSPS) is 26.2. The minimum Gasteiger partial charge on any atom is -0.444 e. The Morgan fingerprint density at radius 2 is 2.19 bits per heavy atom. The SMILES string of the molecule is CC1CC(CNC(=O)OC(C)(C)C)CCS1. The van der Waals surface area contributed by atoms with Crippen LogP contribution in [0.15, 0.2) is 0 Å². The third-order valence-electron chi connectivity index (χ3n) is 2.53. The molecule has 0 bridgehead atoms. The number of rotatable bonds is 2. The number of amides is 1. The molecule has 1 N–H and O–H groups in total. The summed E-state index contributed by atoms with van der Waals surface area (Å²) in [6, 6.07) is 0. The van der Waals surface area contributed by atoms with Gasteiger partial charge in [-0.15, -0.1) is 0 Å². The molecule has 2 unspecified atom stereocenters. The first-order chi connectivity index (χ1) is 7.37. The Balaban J connectivity index is 2.21. The standard InChI is InChI=1S/C12H23NO2S/c1-9-7-10(5-6-16-9)8-13-11(14)15-12(2,3)4/h9-10H,5-8H2,1-4H3,(H,13,14). The number of nitrogens with one attached hydrogen (secondary N) is 1. The van der Waals surface area contributed by atoms with E-state index < -0.39 is 5.60 Å². The van der Waals surface area contributed by atoms with Crippen molar-refractivity contribution in [3.05, 3.63) is 0 Å². The fraction of sp³-hybridized carbons (Fsp3) is 0.917. The van der Waals surface area contributed by atoms with Gasteiger partial charge in [0.05, 0.1) is 0 Å². The summed E-state index contributed by atoms with van der Waals surface area (Å²) in [5, 5.41) is 3.58. The zero-order valence-corrected chi connectivity index (χ0v) is 11.5. The maximum absolute atomic E-state index is 11.4. The quantitative estimate of drug-likeness (QED) is 0.812. The van der Waals surface area contributed by atoms with E-state index in [2.05, 4.69) is 12.2 Å². The molecule has 0 aromatic heterocycles. The summed E-state index contributed by atoms with van der Waals surface area (Å²) < 4.78 is 5.20. The van der Waals surface area contributed by atoms with Gasteiger partial charge in [0, 0.05) is 11.8 Å². The fourth-order valence-electron chi connectivity index (χ4n) is 1.82. The lowest BCUT2D eigenvalue weighted by atomic mass is 10.00. The number of hydrogen-bond acceptors (Lipinski definition) is 3. The molecule has 0 aromatic rings. The van der Waals surface area contributed by atoms with Gasteiger partial charge in [0.1, 0.15) is 5.60 Å². The second kappa shape index (κ2) is 5.80. The van der Waals surface area contributed by atoms with Crippen molar-refractivity contribution < 1.29 is 9.53 Å². The molecular formula is C12H23NO2S. The van der Waals surface area contributed by atoms with Gasteiger partial charge in [0.25, 0.3) is 0 Å². The van der Waals surface area contributed by atoms with Crippen molar-refractivity contribution >= 4 is 17.9 Å². The summed E-state index contributed by atoms with van der Waals surface area (Å²) in [7, 11) is 0. The predicted molar refractivity (Wildman–Crippen MR) is 68.9 cm³/mol. The number of carbonyl (C=O) groups is 1. The average Bonchev–Trinajstić information content (AvgIpc) is 2.12. The highest BCUT2D eigenvalue weighted by Gasteiger charge is 2.21. The van der Waals surface area contributed by atoms with Crippen molar-refractivity contribution in [1.29, 1.82) is 0 Å². The van der Waals surface area contributed by atoms with E-state index in [1.165, 1.54) is 18.6 Å². The van der Waals surface area contributed by atoms with Crippen LogP contribution < -0.4 is 5.32 Å². The Hall–Kier alpha value is -0.380. The molecule has 16 heavy (non-hydrogen) atoms. The monoisotopic (exact) mass is 245 g/mol. The molecule has 0 radical (unpaired) electrons. The Morgan fingerprint density at radius 1 is 1.50 bits per heavy atom. The largest absolute Gasteiger partial charge is 0.444 e. The molecule has 0 aromatic carbocycles. The minimum absolute atomic E-state index is 0.293. The lowest BCUT2D eigenvalue weighted by molar-refractivity contribution is 0.0518. The molecule has 1 saturated heterocycles. The number of alkyl carbamates (subject to hydrolysis) is 1. The van der Waals surface area contributed by atoms with Crippen LogP contribution >= 0.6 is 11.8 Å². The van der Waals surface area contributed by atoms with Crippen molar-refractivity contribution in [3.8, 4) is 0 Å². The Morgan fingerprint density at radius 3 is 2.75 bits per heavy atom. The third-order valence-corrected chi connectivity index (χ3v) is 3.76. The number of carbonyl (C=O) groups excluding carboxylic acids is 1. The van der Waals surface area contributed by atoms with Gasteiger partial charge < -0.3 is 10.1 Å². The van der Waals surface area contributed by atoms with Gasteiger partial charge in [-0.1, -0.05) is 6.92 Å². The molecule has 2 atom stereocenters. The maximum atomic E-state index is 11.4. The lowest BCUT2D eigenvalue weighted by Gasteiger charge is -2.27. The van der Waals surface area contributed by atoms with Crippen molar-refractivity contribution in [2.24, 2.45) is 5.92 Å². The van der Waals surface area contributed by atoms with Crippen LogP contribution in [0.1, 0.15) is 40.5 Å². The van der Waals surface area contributed by atoms with Gasteiger partial charge in [0.2, 0.25) is 0 Å². The molecule has 0 spiro atoms. The van der Waals surface area contributed by atoms with E-state index in [-0.39, 0.29) is 6.09 Å². The topological polar surface area (TPSA) is 38.3 Å². The van der Waals surface area contributed by atoms with Crippen LogP contribution in [-0.2, 0) is 4.74 Å². The average molecular weight is 245 g/mol. The molecule has 1 heterocycles. The van der Waals surface area contributed by atoms with Gasteiger partial charge in [-0.3, -0.25) is 0 Å². The van der Waals surface area contributed by atoms with Gasteiger partial charge in [0.15, 0.2) is 0 Å². The molecule has 3 nitrogen and oxygen atoms in total.